The summed E-state index contributed by atoms with van der Waals surface area (Å²) in [5.41, 5.74) is 2.93. The standard InChI is InChI=1S/C27H24N2O6/c1-15-9-11-17(12-10-15)28-22(16-13-20(33-2)24(35-4)21(14-16)34-3)23(27(28)32)29-25(30)18-7-5-6-8-19(18)26(29)31/h5-14,22-23H,1-4H3/t22-,23+/m0/s1. The quantitative estimate of drug-likeness (QED) is 0.401. The first-order chi connectivity index (χ1) is 16.9. The minimum atomic E-state index is -1.02. The van der Waals surface area contributed by atoms with Crippen molar-refractivity contribution in [2.45, 2.75) is 19.0 Å². The molecular weight excluding hydrogens is 448 g/mol. The number of nitrogens with zero attached hydrogens (tertiary/aromatic N) is 2. The number of aryl methyl sites for hydroxylation is 1. The highest BCUT2D eigenvalue weighted by molar-refractivity contribution is 6.24. The van der Waals surface area contributed by atoms with Crippen molar-refractivity contribution in [3.05, 3.63) is 82.9 Å². The predicted octanol–water partition coefficient (Wildman–Crippen LogP) is 3.77. The number of amides is 3. The lowest BCUT2D eigenvalue weighted by Gasteiger charge is -2.49. The summed E-state index contributed by atoms with van der Waals surface area (Å²) in [6.45, 7) is 1.96. The number of rotatable bonds is 6. The number of hydrogen-bond acceptors (Lipinski definition) is 6. The zero-order chi connectivity index (χ0) is 24.9. The van der Waals surface area contributed by atoms with Gasteiger partial charge in [0.1, 0.15) is 6.04 Å². The molecule has 35 heavy (non-hydrogen) atoms. The maximum Gasteiger partial charge on any atom is 0.262 e. The van der Waals surface area contributed by atoms with E-state index in [2.05, 4.69) is 0 Å². The van der Waals surface area contributed by atoms with Crippen molar-refractivity contribution in [1.29, 1.82) is 0 Å². The number of hydrogen-bond donors (Lipinski definition) is 0. The summed E-state index contributed by atoms with van der Waals surface area (Å²) in [5, 5.41) is 0. The summed E-state index contributed by atoms with van der Waals surface area (Å²) in [6, 6.07) is 15.9. The summed E-state index contributed by atoms with van der Waals surface area (Å²) in [7, 11) is 4.52. The molecule has 1 saturated heterocycles. The smallest absolute Gasteiger partial charge is 0.262 e. The number of carbonyl (C=O) groups is 3. The Balaban J connectivity index is 1.65. The van der Waals surface area contributed by atoms with E-state index in [0.29, 0.717) is 39.6 Å². The summed E-state index contributed by atoms with van der Waals surface area (Å²) in [4.78, 5) is 42.8. The zero-order valence-electron chi connectivity index (χ0n) is 19.8. The van der Waals surface area contributed by atoms with E-state index in [9.17, 15) is 14.4 Å². The molecule has 2 atom stereocenters. The Hall–Kier alpha value is -4.33. The average Bonchev–Trinajstić information content (AvgIpc) is 3.12. The molecule has 0 unspecified atom stereocenters. The van der Waals surface area contributed by atoms with Gasteiger partial charge in [0.2, 0.25) is 5.75 Å². The summed E-state index contributed by atoms with van der Waals surface area (Å²) in [6.07, 6.45) is 0. The molecule has 0 aromatic heterocycles. The van der Waals surface area contributed by atoms with Gasteiger partial charge in [0.05, 0.1) is 38.5 Å². The van der Waals surface area contributed by atoms with E-state index in [0.717, 1.165) is 10.5 Å². The Morgan fingerprint density at radius 3 is 1.71 bits per heavy atom. The van der Waals surface area contributed by atoms with Crippen LogP contribution in [0.25, 0.3) is 0 Å². The van der Waals surface area contributed by atoms with E-state index in [1.807, 2.05) is 31.2 Å². The molecule has 0 aliphatic carbocycles. The molecule has 2 heterocycles. The second-order valence-corrected chi connectivity index (χ2v) is 8.42. The van der Waals surface area contributed by atoms with E-state index >= 15 is 0 Å². The molecule has 0 N–H and O–H groups in total. The molecule has 0 saturated carbocycles. The Morgan fingerprint density at radius 2 is 1.23 bits per heavy atom. The Morgan fingerprint density at radius 1 is 0.686 bits per heavy atom. The van der Waals surface area contributed by atoms with E-state index in [4.69, 9.17) is 14.2 Å². The number of ether oxygens (including phenoxy) is 3. The van der Waals surface area contributed by atoms with Crippen LogP contribution in [-0.2, 0) is 4.79 Å². The minimum absolute atomic E-state index is 0.294. The van der Waals surface area contributed by atoms with E-state index in [-0.39, 0.29) is 5.91 Å². The lowest BCUT2D eigenvalue weighted by Crippen LogP contribution is -2.67. The molecule has 3 amide bonds. The first kappa shape index (κ1) is 22.5. The minimum Gasteiger partial charge on any atom is -0.493 e. The van der Waals surface area contributed by atoms with Crippen LogP contribution >= 0.6 is 0 Å². The number of β-lactam (4-membered cyclic amide) rings is 1. The highest BCUT2D eigenvalue weighted by Gasteiger charge is 2.57. The van der Waals surface area contributed by atoms with Crippen molar-refractivity contribution in [2.75, 3.05) is 26.2 Å². The number of anilines is 1. The Kier molecular flexibility index (Phi) is 5.43. The fraction of sp³-hybridized carbons (Fsp3) is 0.222. The maximum atomic E-state index is 13.6. The zero-order valence-corrected chi connectivity index (χ0v) is 19.8. The summed E-state index contributed by atoms with van der Waals surface area (Å²) >= 11 is 0. The van der Waals surface area contributed by atoms with Gasteiger partial charge in [-0.2, -0.15) is 0 Å². The van der Waals surface area contributed by atoms with Crippen LogP contribution in [0.5, 0.6) is 17.2 Å². The molecule has 0 bridgehead atoms. The van der Waals surface area contributed by atoms with Crippen LogP contribution in [0, 0.1) is 6.92 Å². The number of carbonyl (C=O) groups excluding carboxylic acids is 3. The topological polar surface area (TPSA) is 85.4 Å². The number of imide groups is 1. The van der Waals surface area contributed by atoms with Gasteiger partial charge in [-0.15, -0.1) is 0 Å². The Bertz CT molecular complexity index is 1290. The molecule has 8 nitrogen and oxygen atoms in total. The summed E-state index contributed by atoms with van der Waals surface area (Å²) in [5.74, 6) is -0.0853. The third-order valence-corrected chi connectivity index (χ3v) is 6.51. The predicted molar refractivity (Wildman–Crippen MR) is 128 cm³/mol. The van der Waals surface area contributed by atoms with Crippen molar-refractivity contribution >= 4 is 23.4 Å². The number of benzene rings is 3. The lowest BCUT2D eigenvalue weighted by molar-refractivity contribution is -0.130. The van der Waals surface area contributed by atoms with Crippen LogP contribution in [0.3, 0.4) is 0 Å². The largest absolute Gasteiger partial charge is 0.493 e. The lowest BCUT2D eigenvalue weighted by atomic mass is 9.86. The van der Waals surface area contributed by atoms with Gasteiger partial charge >= 0.3 is 0 Å². The van der Waals surface area contributed by atoms with Crippen LogP contribution in [0.4, 0.5) is 5.69 Å². The first-order valence-electron chi connectivity index (χ1n) is 11.1. The summed E-state index contributed by atoms with van der Waals surface area (Å²) < 4.78 is 16.5. The monoisotopic (exact) mass is 472 g/mol. The van der Waals surface area contributed by atoms with Crippen molar-refractivity contribution in [3.63, 3.8) is 0 Å². The fourth-order valence-electron chi connectivity index (χ4n) is 4.78. The van der Waals surface area contributed by atoms with Crippen LogP contribution < -0.4 is 19.1 Å². The van der Waals surface area contributed by atoms with Gasteiger partial charge in [0.15, 0.2) is 11.5 Å². The van der Waals surface area contributed by atoms with E-state index in [1.165, 1.54) is 21.3 Å². The molecule has 1 fully saturated rings. The molecule has 5 rings (SSSR count). The maximum absolute atomic E-state index is 13.6. The van der Waals surface area contributed by atoms with Gasteiger partial charge in [-0.1, -0.05) is 29.8 Å². The van der Waals surface area contributed by atoms with Crippen molar-refractivity contribution in [2.24, 2.45) is 0 Å². The first-order valence-corrected chi connectivity index (χ1v) is 11.1. The highest BCUT2D eigenvalue weighted by Crippen LogP contribution is 2.48. The van der Waals surface area contributed by atoms with Crippen molar-refractivity contribution in [3.8, 4) is 17.2 Å². The van der Waals surface area contributed by atoms with Crippen LogP contribution in [0.15, 0.2) is 60.7 Å². The van der Waals surface area contributed by atoms with Gasteiger partial charge in [-0.3, -0.25) is 19.3 Å². The van der Waals surface area contributed by atoms with E-state index in [1.54, 1.807) is 41.3 Å². The molecule has 2 aliphatic heterocycles. The normalized spacial score (nSPS) is 18.9. The SMILES string of the molecule is COc1cc([C@H]2[C@@H](N3C(=O)c4ccccc4C3=O)C(=O)N2c2ccc(C)cc2)cc(OC)c1OC. The molecule has 3 aromatic carbocycles. The second-order valence-electron chi connectivity index (χ2n) is 8.42. The highest BCUT2D eigenvalue weighted by atomic mass is 16.5. The molecule has 0 spiro atoms. The van der Waals surface area contributed by atoms with Gasteiger partial charge in [-0.25, -0.2) is 0 Å². The van der Waals surface area contributed by atoms with Crippen molar-refractivity contribution < 1.29 is 28.6 Å². The van der Waals surface area contributed by atoms with E-state index < -0.39 is 23.9 Å². The molecule has 8 heteroatoms. The van der Waals surface area contributed by atoms with Crippen LogP contribution in [-0.4, -0.2) is 50.0 Å². The third-order valence-electron chi connectivity index (χ3n) is 6.51. The molecular formula is C27H24N2O6. The third kappa shape index (κ3) is 3.32. The number of methoxy groups -OCH3 is 3. The van der Waals surface area contributed by atoms with Crippen LogP contribution in [0.2, 0.25) is 0 Å². The average molecular weight is 472 g/mol. The molecule has 2 aliphatic rings. The molecule has 178 valence electrons. The van der Waals surface area contributed by atoms with Gasteiger partial charge in [0, 0.05) is 5.69 Å². The van der Waals surface area contributed by atoms with Crippen LogP contribution in [0.1, 0.15) is 37.9 Å². The molecule has 0 radical (unpaired) electrons. The van der Waals surface area contributed by atoms with Gasteiger partial charge in [0.25, 0.3) is 17.7 Å². The number of fused-ring (bicyclic) bond motifs is 1. The fourth-order valence-corrected chi connectivity index (χ4v) is 4.78. The Labute approximate surface area is 202 Å². The van der Waals surface area contributed by atoms with Crippen molar-refractivity contribution in [1.82, 2.24) is 4.90 Å². The molecule has 3 aromatic rings. The van der Waals surface area contributed by atoms with Gasteiger partial charge < -0.3 is 19.1 Å². The van der Waals surface area contributed by atoms with Gasteiger partial charge in [-0.05, 0) is 48.9 Å². The second kappa shape index (κ2) is 8.47.